The van der Waals surface area contributed by atoms with E-state index < -0.39 is 0 Å². The molecular weight excluding hydrogens is 455 g/mol. The molecule has 4 rings (SSSR count). The maximum Gasteiger partial charge on any atom is 0.230 e. The molecule has 0 atom stereocenters. The SMILES string of the molecule is COc1cccc(-n2c(C)nnc2SCC(=O)NCc2ccc(Oc3ccc(F)cc3)cc2)c1. The van der Waals surface area contributed by atoms with Gasteiger partial charge in [-0.25, -0.2) is 4.39 Å². The van der Waals surface area contributed by atoms with Crippen LogP contribution in [-0.2, 0) is 11.3 Å². The summed E-state index contributed by atoms with van der Waals surface area (Å²) in [4.78, 5) is 12.4. The van der Waals surface area contributed by atoms with Gasteiger partial charge in [0.1, 0.15) is 28.9 Å². The van der Waals surface area contributed by atoms with Crippen LogP contribution in [0.15, 0.2) is 78.0 Å². The Labute approximate surface area is 200 Å². The van der Waals surface area contributed by atoms with Gasteiger partial charge in [-0.1, -0.05) is 30.0 Å². The molecule has 0 bridgehead atoms. The standard InChI is InChI=1S/C25H23FN4O3S/c1-17-28-29-25(30(17)20-4-3-5-23(14-20)32-2)34-16-24(31)27-15-18-6-10-21(11-7-18)33-22-12-8-19(26)9-13-22/h3-14H,15-16H2,1-2H3,(H,27,31). The van der Waals surface area contributed by atoms with Crippen LogP contribution < -0.4 is 14.8 Å². The number of amides is 1. The highest BCUT2D eigenvalue weighted by Crippen LogP contribution is 2.25. The van der Waals surface area contributed by atoms with Gasteiger partial charge in [-0.2, -0.15) is 0 Å². The number of halogens is 1. The van der Waals surface area contributed by atoms with Gasteiger partial charge in [-0.3, -0.25) is 9.36 Å². The second-order valence-corrected chi connectivity index (χ2v) is 8.27. The Hall–Kier alpha value is -3.85. The van der Waals surface area contributed by atoms with E-state index in [1.165, 1.54) is 23.9 Å². The fraction of sp³-hybridized carbons (Fsp3) is 0.160. The van der Waals surface area contributed by atoms with Crippen molar-refractivity contribution in [2.24, 2.45) is 0 Å². The number of aromatic nitrogens is 3. The van der Waals surface area contributed by atoms with Gasteiger partial charge >= 0.3 is 0 Å². The maximum absolute atomic E-state index is 13.0. The predicted octanol–water partition coefficient (Wildman–Crippen LogP) is 4.92. The second-order valence-electron chi connectivity index (χ2n) is 7.33. The number of nitrogens with zero attached hydrogens (tertiary/aromatic N) is 3. The predicted molar refractivity (Wildman–Crippen MR) is 128 cm³/mol. The molecule has 174 valence electrons. The minimum absolute atomic E-state index is 0.116. The lowest BCUT2D eigenvalue weighted by molar-refractivity contribution is -0.118. The summed E-state index contributed by atoms with van der Waals surface area (Å²) in [5.74, 6) is 2.41. The molecule has 0 unspecified atom stereocenters. The number of carbonyl (C=O) groups is 1. The number of hydrogen-bond donors (Lipinski definition) is 1. The molecule has 3 aromatic carbocycles. The van der Waals surface area contributed by atoms with Crippen molar-refractivity contribution in [3.63, 3.8) is 0 Å². The van der Waals surface area contributed by atoms with Crippen LogP contribution in [0, 0.1) is 12.7 Å². The van der Waals surface area contributed by atoms with Crippen LogP contribution in [0.5, 0.6) is 17.2 Å². The number of ether oxygens (including phenoxy) is 2. The summed E-state index contributed by atoms with van der Waals surface area (Å²) in [7, 11) is 1.62. The smallest absolute Gasteiger partial charge is 0.230 e. The zero-order valence-electron chi connectivity index (χ0n) is 18.7. The summed E-state index contributed by atoms with van der Waals surface area (Å²) < 4.78 is 25.9. The average molecular weight is 479 g/mol. The highest BCUT2D eigenvalue weighted by atomic mass is 32.2. The van der Waals surface area contributed by atoms with E-state index >= 15 is 0 Å². The summed E-state index contributed by atoms with van der Waals surface area (Å²) in [6.45, 7) is 2.25. The van der Waals surface area contributed by atoms with Gasteiger partial charge in [0.15, 0.2) is 5.16 Å². The van der Waals surface area contributed by atoms with Gasteiger partial charge in [0, 0.05) is 12.6 Å². The van der Waals surface area contributed by atoms with Gasteiger partial charge in [0.05, 0.1) is 18.6 Å². The number of methoxy groups -OCH3 is 1. The first-order valence-electron chi connectivity index (χ1n) is 10.5. The van der Waals surface area contributed by atoms with E-state index in [2.05, 4.69) is 15.5 Å². The lowest BCUT2D eigenvalue weighted by Crippen LogP contribution is -2.24. The van der Waals surface area contributed by atoms with Gasteiger partial charge in [-0.05, 0) is 61.0 Å². The van der Waals surface area contributed by atoms with Gasteiger partial charge in [0.25, 0.3) is 0 Å². The van der Waals surface area contributed by atoms with Crippen molar-refractivity contribution in [1.29, 1.82) is 0 Å². The number of thioether (sulfide) groups is 1. The van der Waals surface area contributed by atoms with E-state index in [0.717, 1.165) is 22.8 Å². The monoisotopic (exact) mass is 478 g/mol. The van der Waals surface area contributed by atoms with Crippen molar-refractivity contribution in [2.75, 3.05) is 12.9 Å². The lowest BCUT2D eigenvalue weighted by Gasteiger charge is -2.10. The Morgan fingerprint density at radius 2 is 1.71 bits per heavy atom. The molecule has 7 nitrogen and oxygen atoms in total. The third-order valence-electron chi connectivity index (χ3n) is 4.90. The second kappa shape index (κ2) is 10.8. The van der Waals surface area contributed by atoms with Crippen LogP contribution in [0.25, 0.3) is 5.69 Å². The zero-order chi connectivity index (χ0) is 23.9. The summed E-state index contributed by atoms with van der Waals surface area (Å²) in [6, 6.07) is 20.8. The molecular formula is C25H23FN4O3S. The normalized spacial score (nSPS) is 10.7. The largest absolute Gasteiger partial charge is 0.497 e. The molecule has 0 fully saturated rings. The molecule has 0 radical (unpaired) electrons. The maximum atomic E-state index is 13.0. The number of rotatable bonds is 9. The van der Waals surface area contributed by atoms with Gasteiger partial charge in [0.2, 0.25) is 5.91 Å². The van der Waals surface area contributed by atoms with E-state index in [4.69, 9.17) is 9.47 Å². The molecule has 1 aromatic heterocycles. The summed E-state index contributed by atoms with van der Waals surface area (Å²) in [5.41, 5.74) is 1.80. The molecule has 0 saturated carbocycles. The van der Waals surface area contributed by atoms with E-state index in [1.807, 2.05) is 47.9 Å². The molecule has 34 heavy (non-hydrogen) atoms. The van der Waals surface area contributed by atoms with Crippen LogP contribution in [0.3, 0.4) is 0 Å². The Morgan fingerprint density at radius 1 is 1.00 bits per heavy atom. The fourth-order valence-corrected chi connectivity index (χ4v) is 4.01. The van der Waals surface area contributed by atoms with Crippen LogP contribution in [0.1, 0.15) is 11.4 Å². The molecule has 0 aliphatic heterocycles. The molecule has 4 aromatic rings. The molecule has 0 aliphatic carbocycles. The van der Waals surface area contributed by atoms with Crippen LogP contribution in [-0.4, -0.2) is 33.5 Å². The zero-order valence-corrected chi connectivity index (χ0v) is 19.5. The average Bonchev–Trinajstić information content (AvgIpc) is 3.24. The number of benzene rings is 3. The Morgan fingerprint density at radius 3 is 2.41 bits per heavy atom. The number of aryl methyl sites for hydroxylation is 1. The summed E-state index contributed by atoms with van der Waals surface area (Å²) >= 11 is 1.31. The number of nitrogens with one attached hydrogen (secondary N) is 1. The third-order valence-corrected chi connectivity index (χ3v) is 5.83. The highest BCUT2D eigenvalue weighted by Gasteiger charge is 2.14. The first kappa shape index (κ1) is 23.3. The minimum atomic E-state index is -0.313. The molecule has 0 saturated heterocycles. The van der Waals surface area contributed by atoms with Crippen molar-refractivity contribution in [3.05, 3.63) is 90.0 Å². The number of carbonyl (C=O) groups excluding carboxylic acids is 1. The van der Waals surface area contributed by atoms with Crippen molar-refractivity contribution < 1.29 is 18.7 Å². The van der Waals surface area contributed by atoms with Gasteiger partial charge in [-0.15, -0.1) is 10.2 Å². The molecule has 0 spiro atoms. The summed E-state index contributed by atoms with van der Waals surface area (Å²) in [5, 5.41) is 11.9. The van der Waals surface area contributed by atoms with E-state index in [9.17, 15) is 9.18 Å². The number of hydrogen-bond acceptors (Lipinski definition) is 6. The van der Waals surface area contributed by atoms with Crippen molar-refractivity contribution in [3.8, 4) is 22.9 Å². The summed E-state index contributed by atoms with van der Waals surface area (Å²) in [6.07, 6.45) is 0. The van der Waals surface area contributed by atoms with E-state index in [1.54, 1.807) is 31.4 Å². The molecule has 0 aliphatic rings. The highest BCUT2D eigenvalue weighted by molar-refractivity contribution is 7.99. The van der Waals surface area contributed by atoms with Crippen molar-refractivity contribution >= 4 is 17.7 Å². The molecule has 1 amide bonds. The Balaban J connectivity index is 1.30. The lowest BCUT2D eigenvalue weighted by atomic mass is 10.2. The first-order valence-corrected chi connectivity index (χ1v) is 11.5. The first-order chi connectivity index (χ1) is 16.5. The van der Waals surface area contributed by atoms with Crippen LogP contribution >= 0.6 is 11.8 Å². The van der Waals surface area contributed by atoms with E-state index in [-0.39, 0.29) is 17.5 Å². The Kier molecular flexibility index (Phi) is 7.44. The third kappa shape index (κ3) is 5.93. The van der Waals surface area contributed by atoms with Crippen LogP contribution in [0.2, 0.25) is 0 Å². The molecule has 9 heteroatoms. The molecule has 1 heterocycles. The fourth-order valence-electron chi connectivity index (χ4n) is 3.18. The molecule has 1 N–H and O–H groups in total. The van der Waals surface area contributed by atoms with Crippen molar-refractivity contribution in [1.82, 2.24) is 20.1 Å². The van der Waals surface area contributed by atoms with Crippen LogP contribution in [0.4, 0.5) is 4.39 Å². The Bertz CT molecular complexity index is 1260. The minimum Gasteiger partial charge on any atom is -0.497 e. The van der Waals surface area contributed by atoms with Gasteiger partial charge < -0.3 is 14.8 Å². The quantitative estimate of drug-likeness (QED) is 0.344. The topological polar surface area (TPSA) is 78.3 Å². The van der Waals surface area contributed by atoms with E-state index in [0.29, 0.717) is 23.2 Å². The van der Waals surface area contributed by atoms with Crippen molar-refractivity contribution in [2.45, 2.75) is 18.6 Å².